The lowest BCUT2D eigenvalue weighted by molar-refractivity contribution is 0.183. The summed E-state index contributed by atoms with van der Waals surface area (Å²) in [5.74, 6) is 0.858. The number of nitriles is 1. The van der Waals surface area contributed by atoms with Gasteiger partial charge in [-0.1, -0.05) is 0 Å². The third-order valence-corrected chi connectivity index (χ3v) is 5.18. The molecule has 0 aromatic carbocycles. The van der Waals surface area contributed by atoms with Crippen molar-refractivity contribution in [3.63, 3.8) is 0 Å². The number of hydrogen-bond acceptors (Lipinski definition) is 8. The number of rotatable bonds is 6. The van der Waals surface area contributed by atoms with Gasteiger partial charge in [0, 0.05) is 38.5 Å². The van der Waals surface area contributed by atoms with Crippen molar-refractivity contribution in [2.75, 3.05) is 32.5 Å². The molecule has 0 bridgehead atoms. The van der Waals surface area contributed by atoms with Crippen molar-refractivity contribution in [3.8, 4) is 17.5 Å². The number of methoxy groups -OCH3 is 1. The number of anilines is 1. The number of likely N-dealkylation sites (tertiary alicyclic amines) is 1. The van der Waals surface area contributed by atoms with Gasteiger partial charge >= 0.3 is 0 Å². The normalized spacial score (nSPS) is 15.2. The Morgan fingerprint density at radius 3 is 2.89 bits per heavy atom. The monoisotopic (exact) mass is 381 g/mol. The van der Waals surface area contributed by atoms with E-state index < -0.39 is 0 Å². The highest BCUT2D eigenvalue weighted by molar-refractivity contribution is 5.97. The minimum Gasteiger partial charge on any atom is -0.383 e. The lowest BCUT2D eigenvalue weighted by Crippen LogP contribution is -2.31. The molecule has 0 unspecified atom stereocenters. The fraction of sp³-hybridized carbons (Fsp3) is 0.500. The molecule has 0 spiro atoms. The molecule has 1 aliphatic rings. The number of nitrogen functional groups attached to an aromatic ring is 1. The summed E-state index contributed by atoms with van der Waals surface area (Å²) in [5.41, 5.74) is 8.52. The van der Waals surface area contributed by atoms with E-state index in [0.29, 0.717) is 24.9 Å². The Morgan fingerprint density at radius 1 is 1.32 bits per heavy atom. The largest absolute Gasteiger partial charge is 0.383 e. The van der Waals surface area contributed by atoms with Gasteiger partial charge in [-0.3, -0.25) is 4.68 Å². The number of hydrogen-bond donors (Lipinski definition) is 1. The Balaban J connectivity index is 1.65. The van der Waals surface area contributed by atoms with Crippen LogP contribution in [-0.4, -0.2) is 61.2 Å². The Hall–Kier alpha value is -3.19. The van der Waals surface area contributed by atoms with Crippen LogP contribution < -0.4 is 5.73 Å². The summed E-state index contributed by atoms with van der Waals surface area (Å²) in [4.78, 5) is 10.4. The van der Waals surface area contributed by atoms with E-state index in [4.69, 9.17) is 20.8 Å². The van der Waals surface area contributed by atoms with E-state index in [2.05, 4.69) is 21.3 Å². The minimum atomic E-state index is 0.412. The highest BCUT2D eigenvalue weighted by Crippen LogP contribution is 2.31. The zero-order valence-corrected chi connectivity index (χ0v) is 15.8. The highest BCUT2D eigenvalue weighted by atomic mass is 16.5. The van der Waals surface area contributed by atoms with Gasteiger partial charge in [0.05, 0.1) is 24.7 Å². The van der Waals surface area contributed by atoms with Gasteiger partial charge < -0.3 is 15.4 Å². The van der Waals surface area contributed by atoms with Crippen molar-refractivity contribution in [2.45, 2.75) is 25.9 Å². The average Bonchev–Trinajstić information content (AvgIpc) is 3.33. The van der Waals surface area contributed by atoms with E-state index in [1.807, 2.05) is 15.6 Å². The molecule has 10 nitrogen and oxygen atoms in total. The van der Waals surface area contributed by atoms with Crippen molar-refractivity contribution < 1.29 is 4.74 Å². The molecule has 10 heteroatoms. The summed E-state index contributed by atoms with van der Waals surface area (Å²) in [6.07, 6.45) is 9.32. The van der Waals surface area contributed by atoms with Gasteiger partial charge in [0.1, 0.15) is 17.8 Å². The van der Waals surface area contributed by atoms with Crippen molar-refractivity contribution in [2.24, 2.45) is 5.92 Å². The molecule has 1 saturated heterocycles. The van der Waals surface area contributed by atoms with Crippen LogP contribution in [0.2, 0.25) is 0 Å². The summed E-state index contributed by atoms with van der Waals surface area (Å²) in [6, 6.07) is 0. The predicted molar refractivity (Wildman–Crippen MR) is 103 cm³/mol. The summed E-state index contributed by atoms with van der Waals surface area (Å²) in [5, 5.41) is 19.0. The fourth-order valence-electron chi connectivity index (χ4n) is 3.61. The molecule has 0 atom stereocenters. The number of aromatic nitrogens is 6. The van der Waals surface area contributed by atoms with Crippen LogP contribution in [-0.2, 0) is 17.8 Å². The van der Waals surface area contributed by atoms with Gasteiger partial charge in [-0.05, 0) is 18.8 Å². The first-order valence-electron chi connectivity index (χ1n) is 9.33. The first kappa shape index (κ1) is 18.2. The van der Waals surface area contributed by atoms with Crippen LogP contribution in [0, 0.1) is 17.4 Å². The second-order valence-corrected chi connectivity index (χ2v) is 7.00. The molecule has 3 aromatic heterocycles. The van der Waals surface area contributed by atoms with Gasteiger partial charge in [-0.2, -0.15) is 15.5 Å². The topological polar surface area (TPSA) is 124 Å². The van der Waals surface area contributed by atoms with E-state index >= 15 is 0 Å². The number of fused-ring (bicyclic) bond motifs is 1. The zero-order valence-electron chi connectivity index (χ0n) is 15.8. The number of nitrogens with two attached hydrogens (primary N) is 1. The SMILES string of the molecule is COCCn1cc(-c2nn(CC3CCN(C#N)CC3)c3ncnc(N)c23)cn1. The zero-order chi connectivity index (χ0) is 19.5. The molecule has 0 radical (unpaired) electrons. The number of nitrogens with zero attached hydrogens (tertiary/aromatic N) is 8. The summed E-state index contributed by atoms with van der Waals surface area (Å²) < 4.78 is 8.85. The minimum absolute atomic E-state index is 0.412. The number of piperidine rings is 1. The Morgan fingerprint density at radius 2 is 2.14 bits per heavy atom. The molecule has 1 fully saturated rings. The van der Waals surface area contributed by atoms with E-state index in [-0.39, 0.29) is 0 Å². The highest BCUT2D eigenvalue weighted by Gasteiger charge is 2.23. The molecule has 0 amide bonds. The van der Waals surface area contributed by atoms with Crippen LogP contribution in [0.25, 0.3) is 22.3 Å². The van der Waals surface area contributed by atoms with Crippen molar-refractivity contribution in [1.29, 1.82) is 5.26 Å². The van der Waals surface area contributed by atoms with E-state index in [1.165, 1.54) is 6.33 Å². The van der Waals surface area contributed by atoms with E-state index in [0.717, 1.165) is 54.8 Å². The fourth-order valence-corrected chi connectivity index (χ4v) is 3.61. The lowest BCUT2D eigenvalue weighted by Gasteiger charge is -2.27. The van der Waals surface area contributed by atoms with Crippen molar-refractivity contribution in [1.82, 2.24) is 34.4 Å². The third-order valence-electron chi connectivity index (χ3n) is 5.18. The Labute approximate surface area is 162 Å². The van der Waals surface area contributed by atoms with Gasteiger partial charge in [-0.15, -0.1) is 0 Å². The maximum absolute atomic E-state index is 9.04. The van der Waals surface area contributed by atoms with Crippen LogP contribution in [0.3, 0.4) is 0 Å². The Bertz CT molecular complexity index is 994. The Kier molecular flexibility index (Phi) is 5.08. The summed E-state index contributed by atoms with van der Waals surface area (Å²) in [6.45, 7) is 3.57. The van der Waals surface area contributed by atoms with Crippen LogP contribution in [0.5, 0.6) is 0 Å². The van der Waals surface area contributed by atoms with Gasteiger partial charge in [0.25, 0.3) is 0 Å². The second-order valence-electron chi connectivity index (χ2n) is 7.00. The summed E-state index contributed by atoms with van der Waals surface area (Å²) in [7, 11) is 1.67. The molecule has 4 rings (SSSR count). The number of ether oxygens (including phenoxy) is 1. The standard InChI is InChI=1S/C18H23N9O/c1-28-7-6-26-10-14(8-23-26)16-15-17(20)21-12-22-18(15)27(24-16)9-13-2-4-25(11-19)5-3-13/h8,10,12-13H,2-7,9H2,1H3,(H2,20,21,22). The van der Waals surface area contributed by atoms with Crippen molar-refractivity contribution in [3.05, 3.63) is 18.7 Å². The second kappa shape index (κ2) is 7.82. The lowest BCUT2D eigenvalue weighted by atomic mass is 9.97. The van der Waals surface area contributed by atoms with E-state index in [1.54, 1.807) is 18.2 Å². The van der Waals surface area contributed by atoms with Crippen LogP contribution >= 0.6 is 0 Å². The summed E-state index contributed by atoms with van der Waals surface area (Å²) >= 11 is 0. The van der Waals surface area contributed by atoms with E-state index in [9.17, 15) is 0 Å². The predicted octanol–water partition coefficient (Wildman–Crippen LogP) is 1.11. The molecule has 3 aromatic rings. The van der Waals surface area contributed by atoms with Crippen LogP contribution in [0.15, 0.2) is 18.7 Å². The van der Waals surface area contributed by atoms with Gasteiger partial charge in [0.2, 0.25) is 0 Å². The van der Waals surface area contributed by atoms with Crippen molar-refractivity contribution >= 4 is 16.9 Å². The molecule has 2 N–H and O–H groups in total. The molecule has 1 aliphatic heterocycles. The maximum Gasteiger partial charge on any atom is 0.179 e. The molecule has 0 aliphatic carbocycles. The molecule has 28 heavy (non-hydrogen) atoms. The first-order valence-corrected chi connectivity index (χ1v) is 9.33. The quantitative estimate of drug-likeness (QED) is 0.630. The maximum atomic E-state index is 9.04. The molecular weight excluding hydrogens is 358 g/mol. The van der Waals surface area contributed by atoms with Gasteiger partial charge in [0.15, 0.2) is 11.8 Å². The van der Waals surface area contributed by atoms with Crippen LogP contribution in [0.1, 0.15) is 12.8 Å². The van der Waals surface area contributed by atoms with Gasteiger partial charge in [-0.25, -0.2) is 14.6 Å². The molecule has 4 heterocycles. The molecule has 146 valence electrons. The smallest absolute Gasteiger partial charge is 0.179 e. The average molecular weight is 381 g/mol. The first-order chi connectivity index (χ1) is 13.7. The molecular formula is C18H23N9O. The van der Waals surface area contributed by atoms with Crippen LogP contribution in [0.4, 0.5) is 5.82 Å². The third kappa shape index (κ3) is 3.48. The molecule has 0 saturated carbocycles.